The monoisotopic (exact) mass is 399 g/mol. The SMILES string of the molecule is Cc1cc(C)cc(NC(=O)CSc2nc(C)nc3c2c(=O)n(C)c(=O)n3C)c1. The standard InChI is InChI=1S/C19H21N5O3S/c1-10-6-11(2)8-13(7-10)22-14(25)9-28-17-15-16(20-12(3)21-17)23(4)19(27)24(5)18(15)26/h6-8H,9H2,1-5H3,(H,22,25). The van der Waals surface area contributed by atoms with Gasteiger partial charge in [-0.3, -0.25) is 18.7 Å². The van der Waals surface area contributed by atoms with E-state index in [1.165, 1.54) is 11.6 Å². The summed E-state index contributed by atoms with van der Waals surface area (Å²) in [6, 6.07) is 5.82. The van der Waals surface area contributed by atoms with E-state index in [4.69, 9.17) is 0 Å². The quantitative estimate of drug-likeness (QED) is 0.529. The predicted molar refractivity (Wildman–Crippen MR) is 110 cm³/mol. The highest BCUT2D eigenvalue weighted by Gasteiger charge is 2.17. The molecule has 1 N–H and O–H groups in total. The van der Waals surface area contributed by atoms with Crippen LogP contribution in [0.15, 0.2) is 32.8 Å². The number of carbonyl (C=O) groups is 1. The van der Waals surface area contributed by atoms with E-state index in [1.807, 2.05) is 32.0 Å². The molecule has 146 valence electrons. The Labute approximate surface area is 165 Å². The molecule has 3 aromatic rings. The van der Waals surface area contributed by atoms with Crippen molar-refractivity contribution in [1.82, 2.24) is 19.1 Å². The van der Waals surface area contributed by atoms with E-state index in [0.717, 1.165) is 33.1 Å². The first-order valence-corrected chi connectivity index (χ1v) is 9.61. The van der Waals surface area contributed by atoms with Crippen LogP contribution in [-0.4, -0.2) is 30.8 Å². The first-order chi connectivity index (χ1) is 13.2. The van der Waals surface area contributed by atoms with E-state index in [0.29, 0.717) is 10.9 Å². The van der Waals surface area contributed by atoms with Crippen LogP contribution in [0.3, 0.4) is 0 Å². The lowest BCUT2D eigenvalue weighted by atomic mass is 10.1. The second-order valence-corrected chi connectivity index (χ2v) is 7.66. The van der Waals surface area contributed by atoms with Crippen molar-refractivity contribution in [3.8, 4) is 0 Å². The van der Waals surface area contributed by atoms with Crippen molar-refractivity contribution in [3.63, 3.8) is 0 Å². The molecule has 0 atom stereocenters. The number of nitrogens with zero attached hydrogens (tertiary/aromatic N) is 4. The number of aryl methyl sites for hydroxylation is 4. The summed E-state index contributed by atoms with van der Waals surface area (Å²) in [5.41, 5.74) is 2.17. The zero-order valence-electron chi connectivity index (χ0n) is 16.4. The Morgan fingerprint density at radius 2 is 1.68 bits per heavy atom. The second kappa shape index (κ2) is 7.59. The predicted octanol–water partition coefficient (Wildman–Crippen LogP) is 1.68. The summed E-state index contributed by atoms with van der Waals surface area (Å²) < 4.78 is 2.33. The molecule has 8 nitrogen and oxygen atoms in total. The molecule has 28 heavy (non-hydrogen) atoms. The topological polar surface area (TPSA) is 98.9 Å². The summed E-state index contributed by atoms with van der Waals surface area (Å²) in [6.07, 6.45) is 0. The number of rotatable bonds is 4. The van der Waals surface area contributed by atoms with E-state index < -0.39 is 11.2 Å². The number of fused-ring (bicyclic) bond motifs is 1. The van der Waals surface area contributed by atoms with Crippen LogP contribution in [0.25, 0.3) is 11.0 Å². The van der Waals surface area contributed by atoms with Crippen molar-refractivity contribution in [2.45, 2.75) is 25.8 Å². The first-order valence-electron chi connectivity index (χ1n) is 8.62. The maximum Gasteiger partial charge on any atom is 0.332 e. The Bertz CT molecular complexity index is 1190. The fourth-order valence-corrected chi connectivity index (χ4v) is 3.87. The van der Waals surface area contributed by atoms with E-state index in [2.05, 4.69) is 15.3 Å². The van der Waals surface area contributed by atoms with Crippen LogP contribution in [0.1, 0.15) is 17.0 Å². The van der Waals surface area contributed by atoms with Gasteiger partial charge in [-0.05, 0) is 44.0 Å². The molecule has 0 saturated carbocycles. The van der Waals surface area contributed by atoms with Gasteiger partial charge in [-0.2, -0.15) is 0 Å². The Morgan fingerprint density at radius 3 is 2.32 bits per heavy atom. The number of benzene rings is 1. The highest BCUT2D eigenvalue weighted by molar-refractivity contribution is 8.00. The van der Waals surface area contributed by atoms with Crippen molar-refractivity contribution in [3.05, 3.63) is 56.0 Å². The van der Waals surface area contributed by atoms with Gasteiger partial charge in [-0.15, -0.1) is 0 Å². The van der Waals surface area contributed by atoms with Crippen molar-refractivity contribution in [2.24, 2.45) is 14.1 Å². The van der Waals surface area contributed by atoms with Gasteiger partial charge in [0.2, 0.25) is 5.91 Å². The number of anilines is 1. The second-order valence-electron chi connectivity index (χ2n) is 6.69. The van der Waals surface area contributed by atoms with Gasteiger partial charge in [-0.1, -0.05) is 17.8 Å². The largest absolute Gasteiger partial charge is 0.332 e. The third kappa shape index (κ3) is 3.84. The summed E-state index contributed by atoms with van der Waals surface area (Å²) in [5.74, 6) is 0.291. The number of nitrogens with one attached hydrogen (secondary N) is 1. The zero-order chi connectivity index (χ0) is 20.6. The summed E-state index contributed by atoms with van der Waals surface area (Å²) in [6.45, 7) is 5.61. The van der Waals surface area contributed by atoms with Gasteiger partial charge in [0.05, 0.1) is 5.75 Å². The molecule has 0 bridgehead atoms. The minimum Gasteiger partial charge on any atom is -0.325 e. The summed E-state index contributed by atoms with van der Waals surface area (Å²) in [5, 5.41) is 3.48. The van der Waals surface area contributed by atoms with Crippen molar-refractivity contribution >= 4 is 34.4 Å². The number of aromatic nitrogens is 4. The maximum atomic E-state index is 12.6. The fourth-order valence-electron chi connectivity index (χ4n) is 3.01. The molecule has 3 rings (SSSR count). The first kappa shape index (κ1) is 19.8. The van der Waals surface area contributed by atoms with Gasteiger partial charge in [0.15, 0.2) is 5.65 Å². The third-order valence-corrected chi connectivity index (χ3v) is 5.20. The molecule has 0 radical (unpaired) electrons. The van der Waals surface area contributed by atoms with Crippen LogP contribution < -0.4 is 16.6 Å². The normalized spacial score (nSPS) is 11.0. The van der Waals surface area contributed by atoms with Crippen molar-refractivity contribution in [2.75, 3.05) is 11.1 Å². The Morgan fingerprint density at radius 1 is 1.04 bits per heavy atom. The average molecular weight is 399 g/mol. The van der Waals surface area contributed by atoms with Gasteiger partial charge < -0.3 is 5.32 Å². The summed E-state index contributed by atoms with van der Waals surface area (Å²) in [7, 11) is 2.96. The van der Waals surface area contributed by atoms with E-state index in [9.17, 15) is 14.4 Å². The highest BCUT2D eigenvalue weighted by atomic mass is 32.2. The molecule has 1 aromatic carbocycles. The van der Waals surface area contributed by atoms with Gasteiger partial charge in [0, 0.05) is 19.8 Å². The molecule has 0 aliphatic carbocycles. The van der Waals surface area contributed by atoms with E-state index in [1.54, 1.807) is 14.0 Å². The number of amides is 1. The van der Waals surface area contributed by atoms with Crippen LogP contribution in [0, 0.1) is 20.8 Å². The van der Waals surface area contributed by atoms with Gasteiger partial charge >= 0.3 is 5.69 Å². The number of carbonyl (C=O) groups excluding carboxylic acids is 1. The lowest BCUT2D eigenvalue weighted by molar-refractivity contribution is -0.113. The van der Waals surface area contributed by atoms with Crippen LogP contribution >= 0.6 is 11.8 Å². The Kier molecular flexibility index (Phi) is 5.37. The molecular weight excluding hydrogens is 378 g/mol. The van der Waals surface area contributed by atoms with Gasteiger partial charge in [0.25, 0.3) is 5.56 Å². The minimum absolute atomic E-state index is 0.0739. The van der Waals surface area contributed by atoms with Gasteiger partial charge in [0.1, 0.15) is 16.2 Å². The van der Waals surface area contributed by atoms with Crippen LogP contribution in [0.2, 0.25) is 0 Å². The number of hydrogen-bond donors (Lipinski definition) is 1. The van der Waals surface area contributed by atoms with E-state index >= 15 is 0 Å². The van der Waals surface area contributed by atoms with E-state index in [-0.39, 0.29) is 22.7 Å². The fraction of sp³-hybridized carbons (Fsp3) is 0.316. The molecule has 2 aromatic heterocycles. The lowest BCUT2D eigenvalue weighted by Crippen LogP contribution is -2.37. The molecule has 9 heteroatoms. The third-order valence-electron chi connectivity index (χ3n) is 4.22. The minimum atomic E-state index is -0.477. The molecule has 2 heterocycles. The zero-order valence-corrected chi connectivity index (χ0v) is 17.2. The molecule has 0 spiro atoms. The van der Waals surface area contributed by atoms with Crippen molar-refractivity contribution < 1.29 is 4.79 Å². The van der Waals surface area contributed by atoms with Gasteiger partial charge in [-0.25, -0.2) is 14.8 Å². The Hall–Kier alpha value is -2.94. The smallest absolute Gasteiger partial charge is 0.325 e. The summed E-state index contributed by atoms with van der Waals surface area (Å²) in [4.78, 5) is 45.7. The highest BCUT2D eigenvalue weighted by Crippen LogP contribution is 2.22. The Balaban J connectivity index is 1.91. The van der Waals surface area contributed by atoms with Crippen LogP contribution in [-0.2, 0) is 18.9 Å². The molecule has 0 saturated heterocycles. The maximum absolute atomic E-state index is 12.6. The molecule has 0 unspecified atom stereocenters. The summed E-state index contributed by atoms with van der Waals surface area (Å²) >= 11 is 1.15. The number of thioether (sulfide) groups is 1. The average Bonchev–Trinajstić information content (AvgIpc) is 2.61. The van der Waals surface area contributed by atoms with Crippen LogP contribution in [0.5, 0.6) is 0 Å². The molecule has 1 amide bonds. The molecule has 0 aliphatic rings. The van der Waals surface area contributed by atoms with Crippen molar-refractivity contribution in [1.29, 1.82) is 0 Å². The molecular formula is C19H21N5O3S. The molecule has 0 aliphatic heterocycles. The number of hydrogen-bond acceptors (Lipinski definition) is 6. The van der Waals surface area contributed by atoms with Crippen LogP contribution in [0.4, 0.5) is 5.69 Å². The lowest BCUT2D eigenvalue weighted by Gasteiger charge is -2.11. The molecule has 0 fully saturated rings.